The first-order valence-electron chi connectivity index (χ1n) is 8.37. The lowest BCUT2D eigenvalue weighted by atomic mass is 9.97. The third kappa shape index (κ3) is 5.72. The maximum absolute atomic E-state index is 12.0. The van der Waals surface area contributed by atoms with E-state index in [1.807, 2.05) is 19.9 Å². The summed E-state index contributed by atoms with van der Waals surface area (Å²) < 4.78 is 16.9. The highest BCUT2D eigenvalue weighted by Crippen LogP contribution is 2.47. The number of hydrogen-bond acceptors (Lipinski definition) is 7. The van der Waals surface area contributed by atoms with Crippen LogP contribution in [0.25, 0.3) is 0 Å². The molecule has 0 fully saturated rings. The molecule has 26 heavy (non-hydrogen) atoms. The standard InChI is InChI=1S/C19H24O5S2/c1-5-22-17(25)26-19(4)12-15(19)24-11-10-23-14-8-6-13(7-9-14)16(20)18(2,3)21/h6-9,12,21H,5,10-11H2,1-4H3. The van der Waals surface area contributed by atoms with E-state index in [4.69, 9.17) is 26.4 Å². The molecule has 2 rings (SSSR count). The SMILES string of the molecule is CCOC(=S)SC1(C)C=C1OCCOc1ccc(C(=O)C(C)(C)O)cc1. The molecule has 142 valence electrons. The van der Waals surface area contributed by atoms with Gasteiger partial charge in [0.2, 0.25) is 4.38 Å². The molecule has 5 nitrogen and oxygen atoms in total. The number of carbonyl (C=O) groups excluding carboxylic acids is 1. The molecule has 0 aliphatic heterocycles. The molecule has 0 amide bonds. The fourth-order valence-electron chi connectivity index (χ4n) is 2.17. The largest absolute Gasteiger partial charge is 0.493 e. The van der Waals surface area contributed by atoms with Crippen LogP contribution in [-0.4, -0.2) is 45.4 Å². The number of ketones is 1. The van der Waals surface area contributed by atoms with E-state index in [1.54, 1.807) is 24.3 Å². The van der Waals surface area contributed by atoms with Crippen molar-refractivity contribution in [2.75, 3.05) is 19.8 Å². The van der Waals surface area contributed by atoms with Crippen molar-refractivity contribution in [1.82, 2.24) is 0 Å². The van der Waals surface area contributed by atoms with E-state index in [1.165, 1.54) is 25.6 Å². The summed E-state index contributed by atoms with van der Waals surface area (Å²) in [6, 6.07) is 6.69. The lowest BCUT2D eigenvalue weighted by molar-refractivity contribution is 0.0488. The minimum Gasteiger partial charge on any atom is -0.493 e. The topological polar surface area (TPSA) is 65.0 Å². The Kier molecular flexibility index (Phi) is 6.71. The van der Waals surface area contributed by atoms with E-state index in [2.05, 4.69) is 0 Å². The predicted octanol–water partition coefficient (Wildman–Crippen LogP) is 3.75. The second-order valence-corrected chi connectivity index (χ2v) is 8.56. The number of ether oxygens (including phenoxy) is 3. The highest BCUT2D eigenvalue weighted by molar-refractivity contribution is 8.23. The molecule has 0 saturated carbocycles. The molecule has 0 saturated heterocycles. The molecular weight excluding hydrogens is 372 g/mol. The Morgan fingerprint density at radius 2 is 1.85 bits per heavy atom. The molecule has 1 unspecified atom stereocenters. The fourth-order valence-corrected chi connectivity index (χ4v) is 3.65. The molecular formula is C19H24O5S2. The van der Waals surface area contributed by atoms with Crippen molar-refractivity contribution in [3.05, 3.63) is 41.7 Å². The van der Waals surface area contributed by atoms with Crippen LogP contribution >= 0.6 is 24.0 Å². The van der Waals surface area contributed by atoms with Gasteiger partial charge in [-0.2, -0.15) is 0 Å². The Balaban J connectivity index is 1.70. The zero-order valence-electron chi connectivity index (χ0n) is 15.4. The molecule has 0 spiro atoms. The second-order valence-electron chi connectivity index (χ2n) is 6.51. The van der Waals surface area contributed by atoms with Crippen LogP contribution in [0.2, 0.25) is 0 Å². The summed E-state index contributed by atoms with van der Waals surface area (Å²) in [6.07, 6.45) is 2.00. The van der Waals surface area contributed by atoms with Crippen molar-refractivity contribution >= 4 is 34.1 Å². The maximum Gasteiger partial charge on any atom is 0.221 e. The summed E-state index contributed by atoms with van der Waals surface area (Å²) in [7, 11) is 0. The van der Waals surface area contributed by atoms with Crippen molar-refractivity contribution < 1.29 is 24.1 Å². The van der Waals surface area contributed by atoms with Gasteiger partial charge in [0.1, 0.15) is 30.3 Å². The third-order valence-corrected chi connectivity index (χ3v) is 5.05. The number of Topliss-reactive ketones (excluding diaryl/α,β-unsaturated/α-hetero) is 1. The van der Waals surface area contributed by atoms with Gasteiger partial charge in [0.25, 0.3) is 0 Å². The van der Waals surface area contributed by atoms with E-state index in [0.717, 1.165) is 5.76 Å². The van der Waals surface area contributed by atoms with Crippen LogP contribution in [0.15, 0.2) is 36.1 Å². The van der Waals surface area contributed by atoms with Crippen molar-refractivity contribution in [2.45, 2.75) is 38.0 Å². The molecule has 1 aromatic carbocycles. The molecule has 1 aliphatic carbocycles. The predicted molar refractivity (Wildman–Crippen MR) is 107 cm³/mol. The second kappa shape index (κ2) is 8.41. The van der Waals surface area contributed by atoms with Gasteiger partial charge < -0.3 is 19.3 Å². The fraction of sp³-hybridized carbons (Fsp3) is 0.474. The van der Waals surface area contributed by atoms with Crippen molar-refractivity contribution in [3.8, 4) is 5.75 Å². The van der Waals surface area contributed by atoms with Gasteiger partial charge in [-0.3, -0.25) is 4.79 Å². The molecule has 0 aromatic heterocycles. The van der Waals surface area contributed by atoms with Gasteiger partial charge >= 0.3 is 0 Å². The Morgan fingerprint density at radius 3 is 2.42 bits per heavy atom. The molecule has 7 heteroatoms. The Hall–Kier alpha value is -1.57. The number of benzene rings is 1. The molecule has 1 atom stereocenters. The summed E-state index contributed by atoms with van der Waals surface area (Å²) in [4.78, 5) is 12.0. The average Bonchev–Trinajstić information content (AvgIpc) is 3.20. The van der Waals surface area contributed by atoms with Gasteiger partial charge in [0.05, 0.1) is 11.4 Å². The number of thioether (sulfide) groups is 1. The number of carbonyl (C=O) groups is 1. The molecule has 1 aromatic rings. The zero-order chi connectivity index (χ0) is 19.4. The summed E-state index contributed by atoms with van der Waals surface area (Å²) in [5, 5.41) is 9.75. The summed E-state index contributed by atoms with van der Waals surface area (Å²) in [5.41, 5.74) is -0.939. The third-order valence-electron chi connectivity index (χ3n) is 3.65. The highest BCUT2D eigenvalue weighted by atomic mass is 32.2. The van der Waals surface area contributed by atoms with Gasteiger partial charge in [-0.25, -0.2) is 0 Å². The van der Waals surface area contributed by atoms with E-state index < -0.39 is 5.60 Å². The smallest absolute Gasteiger partial charge is 0.221 e. The minimum absolute atomic E-state index is 0.217. The first-order valence-corrected chi connectivity index (χ1v) is 9.60. The Morgan fingerprint density at radius 1 is 1.23 bits per heavy atom. The Bertz CT molecular complexity index is 691. The highest BCUT2D eigenvalue weighted by Gasteiger charge is 2.44. The van der Waals surface area contributed by atoms with Crippen LogP contribution in [0.1, 0.15) is 38.1 Å². The van der Waals surface area contributed by atoms with E-state index in [9.17, 15) is 9.90 Å². The monoisotopic (exact) mass is 396 g/mol. The van der Waals surface area contributed by atoms with Crippen LogP contribution in [0.4, 0.5) is 0 Å². The normalized spacial score (nSPS) is 18.7. The van der Waals surface area contributed by atoms with Crippen LogP contribution in [-0.2, 0) is 9.47 Å². The van der Waals surface area contributed by atoms with Gasteiger partial charge in [-0.15, -0.1) is 0 Å². The summed E-state index contributed by atoms with van der Waals surface area (Å²) in [5.74, 6) is 1.19. The van der Waals surface area contributed by atoms with Crippen molar-refractivity contribution in [2.24, 2.45) is 0 Å². The number of rotatable bonds is 9. The quantitative estimate of drug-likeness (QED) is 0.387. The van der Waals surface area contributed by atoms with Crippen LogP contribution < -0.4 is 4.74 Å². The van der Waals surface area contributed by atoms with E-state index in [0.29, 0.717) is 35.5 Å². The lowest BCUT2D eigenvalue weighted by Crippen LogP contribution is -2.30. The molecule has 1 aliphatic rings. The van der Waals surface area contributed by atoms with Crippen LogP contribution in [0.5, 0.6) is 5.75 Å². The van der Waals surface area contributed by atoms with Crippen molar-refractivity contribution in [1.29, 1.82) is 0 Å². The van der Waals surface area contributed by atoms with Gasteiger partial charge in [0.15, 0.2) is 5.78 Å². The summed E-state index contributed by atoms with van der Waals surface area (Å²) >= 11 is 6.59. The van der Waals surface area contributed by atoms with E-state index >= 15 is 0 Å². The molecule has 0 radical (unpaired) electrons. The molecule has 0 heterocycles. The average molecular weight is 397 g/mol. The van der Waals surface area contributed by atoms with E-state index in [-0.39, 0.29) is 10.5 Å². The first-order chi connectivity index (χ1) is 12.2. The minimum atomic E-state index is -1.39. The first kappa shape index (κ1) is 20.7. The molecule has 0 bridgehead atoms. The summed E-state index contributed by atoms with van der Waals surface area (Å²) in [6.45, 7) is 8.22. The number of aliphatic hydroxyl groups is 1. The Labute approximate surface area is 163 Å². The zero-order valence-corrected chi connectivity index (χ0v) is 17.0. The van der Waals surface area contributed by atoms with Crippen molar-refractivity contribution in [3.63, 3.8) is 0 Å². The van der Waals surface area contributed by atoms with Gasteiger partial charge in [-0.05, 0) is 70.3 Å². The number of thiocarbonyl (C=S) groups is 1. The van der Waals surface area contributed by atoms with Crippen LogP contribution in [0, 0.1) is 0 Å². The van der Waals surface area contributed by atoms with Crippen LogP contribution in [0.3, 0.4) is 0 Å². The lowest BCUT2D eigenvalue weighted by Gasteiger charge is -2.16. The maximum atomic E-state index is 12.0. The van der Waals surface area contributed by atoms with Gasteiger partial charge in [0, 0.05) is 5.56 Å². The molecule has 1 N–H and O–H groups in total. The number of hydrogen-bond donors (Lipinski definition) is 1. The van der Waals surface area contributed by atoms with Gasteiger partial charge in [-0.1, -0.05) is 11.8 Å².